The molecule has 2 aromatic carbocycles. The van der Waals surface area contributed by atoms with Crippen LogP contribution in [0.1, 0.15) is 40.7 Å². The second-order valence-corrected chi connectivity index (χ2v) is 6.82. The Bertz CT molecular complexity index is 793. The molecule has 0 spiro atoms. The molecule has 0 aromatic heterocycles. The average Bonchev–Trinajstić information content (AvgIpc) is 2.60. The molecule has 140 valence electrons. The Morgan fingerprint density at radius 1 is 1.12 bits per heavy atom. The van der Waals surface area contributed by atoms with E-state index < -0.39 is 17.6 Å². The Kier molecular flexibility index (Phi) is 6.58. The van der Waals surface area contributed by atoms with Gasteiger partial charge in [0.05, 0.1) is 21.2 Å². The highest BCUT2D eigenvalue weighted by atomic mass is 35.5. The van der Waals surface area contributed by atoms with Gasteiger partial charge in [0, 0.05) is 19.5 Å². The first-order valence-electron chi connectivity index (χ1n) is 8.01. The van der Waals surface area contributed by atoms with Crippen molar-refractivity contribution in [3.8, 4) is 0 Å². The number of nitrogens with zero attached hydrogens (tertiary/aromatic N) is 1. The molecule has 1 amide bonds. The Morgan fingerprint density at radius 2 is 1.77 bits per heavy atom. The van der Waals surface area contributed by atoms with Crippen molar-refractivity contribution in [2.24, 2.45) is 0 Å². The SMILES string of the molecule is CCC(CN(C)C(=O)c1ccccc1C(F)(F)F)c1ccc(Cl)c(Cl)c1. The third-order valence-corrected chi connectivity index (χ3v) is 4.95. The van der Waals surface area contributed by atoms with Gasteiger partial charge in [-0.25, -0.2) is 0 Å². The third-order valence-electron chi connectivity index (χ3n) is 4.21. The average molecular weight is 404 g/mol. The molecule has 0 N–H and O–H groups in total. The lowest BCUT2D eigenvalue weighted by atomic mass is 9.95. The summed E-state index contributed by atoms with van der Waals surface area (Å²) in [5, 5.41) is 0.827. The van der Waals surface area contributed by atoms with E-state index in [-0.39, 0.29) is 18.0 Å². The fourth-order valence-electron chi connectivity index (χ4n) is 2.77. The molecule has 0 heterocycles. The summed E-state index contributed by atoms with van der Waals surface area (Å²) in [5.74, 6) is -0.742. The quantitative estimate of drug-likeness (QED) is 0.575. The molecule has 2 aromatic rings. The number of hydrogen-bond acceptors (Lipinski definition) is 1. The van der Waals surface area contributed by atoms with Gasteiger partial charge in [0.25, 0.3) is 5.91 Å². The second kappa shape index (κ2) is 8.31. The van der Waals surface area contributed by atoms with Gasteiger partial charge < -0.3 is 4.90 Å². The summed E-state index contributed by atoms with van der Waals surface area (Å²) in [6.07, 6.45) is -3.89. The Labute approximate surface area is 160 Å². The van der Waals surface area contributed by atoms with Crippen molar-refractivity contribution >= 4 is 29.1 Å². The molecule has 0 saturated heterocycles. The molecule has 0 aliphatic rings. The van der Waals surface area contributed by atoms with E-state index in [4.69, 9.17) is 23.2 Å². The Hall–Kier alpha value is -1.72. The van der Waals surface area contributed by atoms with E-state index in [1.165, 1.54) is 30.1 Å². The first-order valence-corrected chi connectivity index (χ1v) is 8.77. The van der Waals surface area contributed by atoms with Crippen molar-refractivity contribution in [2.45, 2.75) is 25.4 Å². The van der Waals surface area contributed by atoms with Gasteiger partial charge >= 0.3 is 6.18 Å². The van der Waals surface area contributed by atoms with Gasteiger partial charge in [-0.15, -0.1) is 0 Å². The van der Waals surface area contributed by atoms with Crippen molar-refractivity contribution < 1.29 is 18.0 Å². The van der Waals surface area contributed by atoms with Gasteiger partial charge in [0.15, 0.2) is 0 Å². The summed E-state index contributed by atoms with van der Waals surface area (Å²) in [7, 11) is 1.50. The fraction of sp³-hybridized carbons (Fsp3) is 0.316. The second-order valence-electron chi connectivity index (χ2n) is 6.01. The van der Waals surface area contributed by atoms with Crippen molar-refractivity contribution in [1.29, 1.82) is 0 Å². The molecular weight excluding hydrogens is 386 g/mol. The van der Waals surface area contributed by atoms with Crippen LogP contribution in [0.15, 0.2) is 42.5 Å². The van der Waals surface area contributed by atoms with Crippen molar-refractivity contribution in [1.82, 2.24) is 4.90 Å². The topological polar surface area (TPSA) is 20.3 Å². The van der Waals surface area contributed by atoms with Crippen LogP contribution < -0.4 is 0 Å². The van der Waals surface area contributed by atoms with Crippen LogP contribution in [0.25, 0.3) is 0 Å². The highest BCUT2D eigenvalue weighted by Gasteiger charge is 2.35. The van der Waals surface area contributed by atoms with Gasteiger partial charge in [0.1, 0.15) is 0 Å². The highest BCUT2D eigenvalue weighted by molar-refractivity contribution is 6.42. The summed E-state index contributed by atoms with van der Waals surface area (Å²) in [6.45, 7) is 2.20. The van der Waals surface area contributed by atoms with E-state index >= 15 is 0 Å². The predicted molar refractivity (Wildman–Crippen MR) is 97.9 cm³/mol. The number of benzene rings is 2. The minimum absolute atomic E-state index is 0.0724. The molecule has 0 bridgehead atoms. The van der Waals surface area contributed by atoms with Gasteiger partial charge in [-0.1, -0.05) is 48.3 Å². The molecule has 0 aliphatic carbocycles. The monoisotopic (exact) mass is 403 g/mol. The van der Waals surface area contributed by atoms with E-state index in [0.717, 1.165) is 11.6 Å². The predicted octanol–water partition coefficient (Wildman–Crippen LogP) is 6.28. The lowest BCUT2D eigenvalue weighted by molar-refractivity contribution is -0.138. The number of hydrogen-bond donors (Lipinski definition) is 0. The Balaban J connectivity index is 2.24. The maximum Gasteiger partial charge on any atom is 0.417 e. The van der Waals surface area contributed by atoms with Crippen LogP contribution in [-0.4, -0.2) is 24.4 Å². The molecule has 7 heteroatoms. The largest absolute Gasteiger partial charge is 0.417 e. The van der Waals surface area contributed by atoms with Crippen molar-refractivity contribution in [3.05, 3.63) is 69.2 Å². The minimum atomic E-state index is -4.58. The summed E-state index contributed by atoms with van der Waals surface area (Å²) < 4.78 is 39.5. The molecule has 2 rings (SSSR count). The van der Waals surface area contributed by atoms with Crippen molar-refractivity contribution in [2.75, 3.05) is 13.6 Å². The standard InChI is InChI=1S/C19H18Cl2F3NO/c1-3-12(13-8-9-16(20)17(21)10-13)11-25(2)18(26)14-6-4-5-7-15(14)19(22,23)24/h4-10,12H,3,11H2,1-2H3. The van der Waals surface area contributed by atoms with E-state index in [1.807, 2.05) is 13.0 Å². The van der Waals surface area contributed by atoms with Crippen LogP contribution in [0.4, 0.5) is 13.2 Å². The number of alkyl halides is 3. The molecule has 0 radical (unpaired) electrons. The Morgan fingerprint density at radius 3 is 2.35 bits per heavy atom. The lowest BCUT2D eigenvalue weighted by Crippen LogP contribution is -2.32. The normalized spacial score (nSPS) is 12.7. The number of amides is 1. The van der Waals surface area contributed by atoms with E-state index in [2.05, 4.69) is 0 Å². The first-order chi connectivity index (χ1) is 12.1. The van der Waals surface area contributed by atoms with Gasteiger partial charge in [-0.3, -0.25) is 4.79 Å². The van der Waals surface area contributed by atoms with Crippen LogP contribution in [-0.2, 0) is 6.18 Å². The zero-order valence-corrected chi connectivity index (χ0v) is 15.8. The highest BCUT2D eigenvalue weighted by Crippen LogP contribution is 2.33. The number of carbonyl (C=O) groups excluding carboxylic acids is 1. The van der Waals surface area contributed by atoms with Crippen LogP contribution in [0.3, 0.4) is 0 Å². The molecule has 2 nitrogen and oxygen atoms in total. The summed E-state index contributed by atoms with van der Waals surface area (Å²) in [4.78, 5) is 13.9. The molecule has 1 unspecified atom stereocenters. The fourth-order valence-corrected chi connectivity index (χ4v) is 3.08. The number of rotatable bonds is 5. The summed E-state index contributed by atoms with van der Waals surface area (Å²) >= 11 is 12.0. The van der Waals surface area contributed by atoms with Gasteiger partial charge in [-0.2, -0.15) is 13.2 Å². The third kappa shape index (κ3) is 4.71. The first kappa shape index (κ1) is 20.6. The minimum Gasteiger partial charge on any atom is -0.341 e. The van der Waals surface area contributed by atoms with E-state index in [9.17, 15) is 18.0 Å². The van der Waals surface area contributed by atoms with Gasteiger partial charge in [0.2, 0.25) is 0 Å². The molecule has 1 atom stereocenters. The zero-order valence-electron chi connectivity index (χ0n) is 14.3. The van der Waals surface area contributed by atoms with Crippen molar-refractivity contribution in [3.63, 3.8) is 0 Å². The number of carbonyl (C=O) groups is 1. The number of likely N-dealkylation sites (N-methyl/N-ethyl adjacent to an activating group) is 1. The van der Waals surface area contributed by atoms with Crippen LogP contribution in [0.5, 0.6) is 0 Å². The lowest BCUT2D eigenvalue weighted by Gasteiger charge is -2.25. The zero-order chi connectivity index (χ0) is 19.5. The number of halogens is 5. The summed E-state index contributed by atoms with van der Waals surface area (Å²) in [6, 6.07) is 10.0. The molecule has 26 heavy (non-hydrogen) atoms. The molecule has 0 saturated carbocycles. The van der Waals surface area contributed by atoms with E-state index in [1.54, 1.807) is 12.1 Å². The van der Waals surface area contributed by atoms with E-state index in [0.29, 0.717) is 16.5 Å². The van der Waals surface area contributed by atoms with Gasteiger partial charge in [-0.05, 0) is 36.2 Å². The maximum atomic E-state index is 13.2. The smallest absolute Gasteiger partial charge is 0.341 e. The van der Waals surface area contributed by atoms with Crippen LogP contribution >= 0.6 is 23.2 Å². The molecule has 0 fully saturated rings. The molecular formula is C19H18Cl2F3NO. The van der Waals surface area contributed by atoms with Crippen LogP contribution in [0, 0.1) is 0 Å². The van der Waals surface area contributed by atoms with Crippen LogP contribution in [0.2, 0.25) is 10.0 Å². The maximum absolute atomic E-state index is 13.2. The molecule has 0 aliphatic heterocycles. The summed E-state index contributed by atoms with van der Waals surface area (Å²) in [5.41, 5.74) is -0.406.